The van der Waals surface area contributed by atoms with Crippen molar-refractivity contribution in [1.82, 2.24) is 19.2 Å². The number of halogens is 2. The molecule has 0 aliphatic heterocycles. The van der Waals surface area contributed by atoms with Crippen LogP contribution in [0.1, 0.15) is 0 Å². The highest BCUT2D eigenvalue weighted by atomic mass is 35.5. The largest absolute Gasteiger partial charge is 0.323 e. The van der Waals surface area contributed by atoms with E-state index in [4.69, 9.17) is 23.2 Å². The predicted molar refractivity (Wildman–Crippen MR) is 121 cm³/mol. The van der Waals surface area contributed by atoms with E-state index in [-0.39, 0.29) is 17.2 Å². The standard InChI is InChI=1S/C20H15Cl2N5O2S/c1-2-10-26-18(29)12-6-3-4-9-15(12)27-19(26)24-25-20(27)30-11-16(28)23-17-13(21)7-5-8-14(17)22/h2-9H,1,10-11H2,(H,23,28). The van der Waals surface area contributed by atoms with Crippen LogP contribution in [0.5, 0.6) is 0 Å². The maximum atomic E-state index is 12.8. The molecule has 0 atom stereocenters. The van der Waals surface area contributed by atoms with Crippen LogP contribution in [-0.2, 0) is 11.3 Å². The van der Waals surface area contributed by atoms with E-state index in [0.717, 1.165) is 0 Å². The van der Waals surface area contributed by atoms with Crippen LogP contribution in [-0.4, -0.2) is 30.8 Å². The summed E-state index contributed by atoms with van der Waals surface area (Å²) in [4.78, 5) is 25.3. The van der Waals surface area contributed by atoms with Gasteiger partial charge in [0.15, 0.2) is 5.16 Å². The summed E-state index contributed by atoms with van der Waals surface area (Å²) in [5.74, 6) is 0.142. The lowest BCUT2D eigenvalue weighted by Gasteiger charge is -2.10. The molecule has 0 fully saturated rings. The van der Waals surface area contributed by atoms with Crippen LogP contribution >= 0.6 is 35.0 Å². The number of hydrogen-bond donors (Lipinski definition) is 1. The molecule has 1 N–H and O–H groups in total. The fraction of sp³-hybridized carbons (Fsp3) is 0.100. The van der Waals surface area contributed by atoms with Gasteiger partial charge in [-0.15, -0.1) is 16.8 Å². The number of anilines is 1. The van der Waals surface area contributed by atoms with Crippen LogP contribution in [0.2, 0.25) is 10.0 Å². The van der Waals surface area contributed by atoms with Crippen LogP contribution in [0, 0.1) is 0 Å². The molecule has 30 heavy (non-hydrogen) atoms. The molecule has 0 unspecified atom stereocenters. The van der Waals surface area contributed by atoms with E-state index in [1.54, 1.807) is 40.8 Å². The molecule has 0 bridgehead atoms. The van der Waals surface area contributed by atoms with Gasteiger partial charge in [-0.25, -0.2) is 0 Å². The molecule has 0 saturated carbocycles. The Labute approximate surface area is 185 Å². The van der Waals surface area contributed by atoms with Crippen LogP contribution in [0.3, 0.4) is 0 Å². The molecule has 1 amide bonds. The van der Waals surface area contributed by atoms with Crippen molar-refractivity contribution in [3.63, 3.8) is 0 Å². The van der Waals surface area contributed by atoms with Gasteiger partial charge in [0.1, 0.15) is 0 Å². The smallest absolute Gasteiger partial charge is 0.263 e. The lowest BCUT2D eigenvalue weighted by atomic mass is 10.2. The van der Waals surface area contributed by atoms with Crippen LogP contribution < -0.4 is 10.9 Å². The zero-order valence-electron chi connectivity index (χ0n) is 15.5. The third-order valence-corrected chi connectivity index (χ3v) is 5.91. The molecular formula is C20H15Cl2N5O2S. The molecule has 7 nitrogen and oxygen atoms in total. The Bertz CT molecular complexity index is 1330. The Morgan fingerprint density at radius 3 is 2.60 bits per heavy atom. The van der Waals surface area contributed by atoms with Gasteiger partial charge < -0.3 is 5.32 Å². The number of nitrogens with zero attached hydrogens (tertiary/aromatic N) is 4. The third-order valence-electron chi connectivity index (χ3n) is 4.35. The number of aromatic nitrogens is 4. The molecule has 0 aliphatic rings. The normalized spacial score (nSPS) is 11.1. The number of carbonyl (C=O) groups is 1. The zero-order valence-corrected chi connectivity index (χ0v) is 17.8. The van der Waals surface area contributed by atoms with E-state index in [1.807, 2.05) is 12.1 Å². The molecule has 0 saturated heterocycles. The number of amides is 1. The number of benzene rings is 2. The fourth-order valence-electron chi connectivity index (χ4n) is 3.04. The number of nitrogens with one attached hydrogen (secondary N) is 1. The monoisotopic (exact) mass is 459 g/mol. The quantitative estimate of drug-likeness (QED) is 0.344. The van der Waals surface area contributed by atoms with E-state index < -0.39 is 0 Å². The van der Waals surface area contributed by atoms with Gasteiger partial charge in [0.2, 0.25) is 11.7 Å². The Kier molecular flexibility index (Phi) is 5.80. The van der Waals surface area contributed by atoms with Gasteiger partial charge in [-0.1, -0.05) is 59.2 Å². The maximum Gasteiger partial charge on any atom is 0.263 e. The third kappa shape index (κ3) is 3.69. The highest BCUT2D eigenvalue weighted by molar-refractivity contribution is 7.99. The molecule has 0 aliphatic carbocycles. The molecule has 2 aromatic heterocycles. The molecule has 10 heteroatoms. The second kappa shape index (κ2) is 8.51. The Balaban J connectivity index is 1.68. The minimum absolute atomic E-state index is 0.0528. The number of rotatable bonds is 6. The first kappa shape index (κ1) is 20.5. The number of carbonyl (C=O) groups excluding carboxylic acids is 1. The van der Waals surface area contributed by atoms with Crippen molar-refractivity contribution >= 4 is 63.2 Å². The highest BCUT2D eigenvalue weighted by Crippen LogP contribution is 2.30. The van der Waals surface area contributed by atoms with Gasteiger partial charge in [-0.05, 0) is 24.3 Å². The Hall–Kier alpha value is -2.81. The van der Waals surface area contributed by atoms with Crippen molar-refractivity contribution in [3.05, 3.63) is 75.5 Å². The minimum Gasteiger partial charge on any atom is -0.323 e. The zero-order chi connectivity index (χ0) is 21.3. The molecule has 0 spiro atoms. The summed E-state index contributed by atoms with van der Waals surface area (Å²) in [5.41, 5.74) is 0.857. The van der Waals surface area contributed by atoms with Crippen molar-refractivity contribution in [2.75, 3.05) is 11.1 Å². The predicted octanol–water partition coefficient (Wildman–Crippen LogP) is 4.27. The molecule has 4 aromatic rings. The van der Waals surface area contributed by atoms with E-state index in [1.165, 1.54) is 16.3 Å². The second-order valence-electron chi connectivity index (χ2n) is 6.27. The lowest BCUT2D eigenvalue weighted by molar-refractivity contribution is -0.113. The van der Waals surface area contributed by atoms with Crippen molar-refractivity contribution < 1.29 is 4.79 Å². The molecule has 2 heterocycles. The van der Waals surface area contributed by atoms with Crippen LogP contribution in [0.25, 0.3) is 16.7 Å². The fourth-order valence-corrected chi connectivity index (χ4v) is 4.28. The summed E-state index contributed by atoms with van der Waals surface area (Å²) in [5, 5.41) is 12.8. The molecular weight excluding hydrogens is 445 g/mol. The first-order valence-corrected chi connectivity index (χ1v) is 10.6. The van der Waals surface area contributed by atoms with Gasteiger partial charge in [0.05, 0.1) is 32.4 Å². The Morgan fingerprint density at radius 1 is 1.13 bits per heavy atom. The molecule has 2 aromatic carbocycles. The SMILES string of the molecule is C=CCn1c(=O)c2ccccc2n2c(SCC(=O)Nc3c(Cl)cccc3Cl)nnc12. The van der Waals surface area contributed by atoms with Crippen LogP contribution in [0.15, 0.2) is 65.1 Å². The number of allylic oxidation sites excluding steroid dienone is 1. The van der Waals surface area contributed by atoms with Crippen LogP contribution in [0.4, 0.5) is 5.69 Å². The summed E-state index contributed by atoms with van der Waals surface area (Å²) in [7, 11) is 0. The van der Waals surface area contributed by atoms with Crippen molar-refractivity contribution in [1.29, 1.82) is 0 Å². The topological polar surface area (TPSA) is 81.3 Å². The average Bonchev–Trinajstić information content (AvgIpc) is 3.16. The van der Waals surface area contributed by atoms with Gasteiger partial charge in [0, 0.05) is 6.54 Å². The summed E-state index contributed by atoms with van der Waals surface area (Å²) < 4.78 is 3.26. The molecule has 152 valence electrons. The summed E-state index contributed by atoms with van der Waals surface area (Å²) in [6.45, 7) is 4.00. The van der Waals surface area contributed by atoms with E-state index in [9.17, 15) is 9.59 Å². The average molecular weight is 460 g/mol. The van der Waals surface area contributed by atoms with Crippen molar-refractivity contribution in [3.8, 4) is 0 Å². The summed E-state index contributed by atoms with van der Waals surface area (Å²) >= 11 is 13.4. The summed E-state index contributed by atoms with van der Waals surface area (Å²) in [6, 6.07) is 12.2. The first-order valence-electron chi connectivity index (χ1n) is 8.85. The van der Waals surface area contributed by atoms with E-state index >= 15 is 0 Å². The van der Waals surface area contributed by atoms with Crippen molar-refractivity contribution in [2.45, 2.75) is 11.7 Å². The van der Waals surface area contributed by atoms with Crippen molar-refractivity contribution in [2.24, 2.45) is 0 Å². The summed E-state index contributed by atoms with van der Waals surface area (Å²) in [6.07, 6.45) is 1.62. The number of para-hydroxylation sites is 2. The lowest BCUT2D eigenvalue weighted by Crippen LogP contribution is -2.22. The number of fused-ring (bicyclic) bond motifs is 3. The van der Waals surface area contributed by atoms with Gasteiger partial charge in [0.25, 0.3) is 5.56 Å². The molecule has 4 rings (SSSR count). The first-order chi connectivity index (χ1) is 14.5. The van der Waals surface area contributed by atoms with Gasteiger partial charge in [-0.3, -0.25) is 18.6 Å². The van der Waals surface area contributed by atoms with Gasteiger partial charge >= 0.3 is 0 Å². The highest BCUT2D eigenvalue weighted by Gasteiger charge is 2.17. The van der Waals surface area contributed by atoms with E-state index in [2.05, 4.69) is 22.1 Å². The number of thioether (sulfide) groups is 1. The molecule has 0 radical (unpaired) electrons. The minimum atomic E-state index is -0.296. The Morgan fingerprint density at radius 2 is 1.87 bits per heavy atom. The second-order valence-corrected chi connectivity index (χ2v) is 8.03. The van der Waals surface area contributed by atoms with Gasteiger partial charge in [-0.2, -0.15) is 0 Å². The maximum absolute atomic E-state index is 12.8. The number of hydrogen-bond acceptors (Lipinski definition) is 5. The van der Waals surface area contributed by atoms with E-state index in [0.29, 0.717) is 44.1 Å².